The zero-order chi connectivity index (χ0) is 13.4. The van der Waals surface area contributed by atoms with Gasteiger partial charge in [0.15, 0.2) is 11.5 Å². The summed E-state index contributed by atoms with van der Waals surface area (Å²) in [5.74, 6) is 1.41. The van der Waals surface area contributed by atoms with E-state index in [1.807, 2.05) is 12.1 Å². The summed E-state index contributed by atoms with van der Waals surface area (Å²) in [4.78, 5) is 2.33. The number of hydrogen-bond acceptors (Lipinski definition) is 4. The molecule has 2 heterocycles. The minimum Gasteiger partial charge on any atom is -0.486 e. The van der Waals surface area contributed by atoms with E-state index in [4.69, 9.17) is 26.8 Å². The van der Waals surface area contributed by atoms with Crippen LogP contribution in [0.1, 0.15) is 21.4 Å². The number of nitrogens with two attached hydrogens (primary N) is 1. The first-order valence-corrected chi connectivity index (χ1v) is 7.25. The monoisotopic (exact) mass is 295 g/mol. The third kappa shape index (κ3) is 2.43. The summed E-state index contributed by atoms with van der Waals surface area (Å²) in [5, 5.41) is 0.614. The molecular weight excluding hydrogens is 282 g/mol. The van der Waals surface area contributed by atoms with Gasteiger partial charge in [-0.1, -0.05) is 11.6 Å². The van der Waals surface area contributed by atoms with Gasteiger partial charge < -0.3 is 15.2 Å². The van der Waals surface area contributed by atoms with Crippen molar-refractivity contribution in [2.75, 3.05) is 13.2 Å². The van der Waals surface area contributed by atoms with E-state index < -0.39 is 0 Å². The van der Waals surface area contributed by atoms with Crippen LogP contribution in [-0.4, -0.2) is 13.2 Å². The minimum atomic E-state index is -0.234. The molecule has 1 aromatic heterocycles. The summed E-state index contributed by atoms with van der Waals surface area (Å²) in [5.41, 5.74) is 7.16. The smallest absolute Gasteiger partial charge is 0.162 e. The fraction of sp³-hybridized carbons (Fsp3) is 0.286. The van der Waals surface area contributed by atoms with Crippen LogP contribution < -0.4 is 15.2 Å². The molecule has 1 aliphatic heterocycles. The van der Waals surface area contributed by atoms with Crippen LogP contribution in [0.15, 0.2) is 24.3 Å². The standard InChI is InChI=1S/C14H14ClNO2S/c1-8-2-3-13(19-8)14(16)9-6-11-12(7-10(9)15)18-5-4-17-11/h2-3,6-7,14H,4-5,16H2,1H3. The molecular formula is C14H14ClNO2S. The fourth-order valence-corrected chi connectivity index (χ4v) is 3.26. The Morgan fingerprint density at radius 2 is 1.89 bits per heavy atom. The molecule has 1 atom stereocenters. The Morgan fingerprint density at radius 3 is 2.53 bits per heavy atom. The number of ether oxygens (including phenoxy) is 2. The third-order valence-corrected chi connectivity index (χ3v) is 4.48. The lowest BCUT2D eigenvalue weighted by Gasteiger charge is -2.21. The molecule has 0 radical (unpaired) electrons. The Bertz CT molecular complexity index is 611. The zero-order valence-electron chi connectivity index (χ0n) is 10.5. The van der Waals surface area contributed by atoms with E-state index in [0.717, 1.165) is 16.2 Å². The van der Waals surface area contributed by atoms with Crippen LogP contribution in [0.2, 0.25) is 5.02 Å². The zero-order valence-corrected chi connectivity index (χ0v) is 12.1. The SMILES string of the molecule is Cc1ccc(C(N)c2cc3c(cc2Cl)OCCO3)s1. The molecule has 2 N–H and O–H groups in total. The molecule has 1 aliphatic rings. The van der Waals surface area contributed by atoms with Crippen molar-refractivity contribution in [1.29, 1.82) is 0 Å². The van der Waals surface area contributed by atoms with E-state index in [0.29, 0.717) is 24.0 Å². The summed E-state index contributed by atoms with van der Waals surface area (Å²) in [7, 11) is 0. The number of fused-ring (bicyclic) bond motifs is 1. The van der Waals surface area contributed by atoms with Crippen molar-refractivity contribution in [2.45, 2.75) is 13.0 Å². The average Bonchev–Trinajstić information content (AvgIpc) is 2.84. The Kier molecular flexibility index (Phi) is 3.39. The largest absolute Gasteiger partial charge is 0.486 e. The van der Waals surface area contributed by atoms with Gasteiger partial charge >= 0.3 is 0 Å². The van der Waals surface area contributed by atoms with Gasteiger partial charge in [0.1, 0.15) is 13.2 Å². The maximum absolute atomic E-state index is 6.30. The molecule has 0 aliphatic carbocycles. The van der Waals surface area contributed by atoms with Crippen molar-refractivity contribution in [2.24, 2.45) is 5.73 Å². The molecule has 19 heavy (non-hydrogen) atoms. The fourth-order valence-electron chi connectivity index (χ4n) is 2.09. The maximum atomic E-state index is 6.30. The molecule has 1 aromatic carbocycles. The van der Waals surface area contributed by atoms with Crippen LogP contribution in [0.3, 0.4) is 0 Å². The number of rotatable bonds is 2. The van der Waals surface area contributed by atoms with Gasteiger partial charge in [0.25, 0.3) is 0 Å². The third-order valence-electron chi connectivity index (χ3n) is 3.06. The lowest BCUT2D eigenvalue weighted by molar-refractivity contribution is 0.171. The van der Waals surface area contributed by atoms with Crippen molar-refractivity contribution in [3.8, 4) is 11.5 Å². The number of halogens is 1. The summed E-state index contributed by atoms with van der Waals surface area (Å²) in [6.45, 7) is 3.17. The predicted molar refractivity (Wildman–Crippen MR) is 77.5 cm³/mol. The Balaban J connectivity index is 2.00. The first-order valence-electron chi connectivity index (χ1n) is 6.06. The second-order valence-corrected chi connectivity index (χ2v) is 6.17. The van der Waals surface area contributed by atoms with Gasteiger partial charge in [0, 0.05) is 20.8 Å². The van der Waals surface area contributed by atoms with Crippen molar-refractivity contribution in [3.05, 3.63) is 44.6 Å². The first-order chi connectivity index (χ1) is 9.15. The van der Waals surface area contributed by atoms with Crippen LogP contribution >= 0.6 is 22.9 Å². The summed E-state index contributed by atoms with van der Waals surface area (Å²) in [6, 6.07) is 7.54. The van der Waals surface area contributed by atoms with Gasteiger partial charge in [0.05, 0.1) is 6.04 Å². The van der Waals surface area contributed by atoms with Gasteiger partial charge in [-0.25, -0.2) is 0 Å². The molecule has 100 valence electrons. The highest BCUT2D eigenvalue weighted by molar-refractivity contribution is 7.12. The van der Waals surface area contributed by atoms with Gasteiger partial charge in [-0.2, -0.15) is 0 Å². The molecule has 0 saturated heterocycles. The van der Waals surface area contributed by atoms with Crippen LogP contribution in [-0.2, 0) is 0 Å². The molecule has 5 heteroatoms. The van der Waals surface area contributed by atoms with Gasteiger partial charge in [-0.15, -0.1) is 11.3 Å². The molecule has 3 rings (SSSR count). The average molecular weight is 296 g/mol. The topological polar surface area (TPSA) is 44.5 Å². The second kappa shape index (κ2) is 5.04. The highest BCUT2D eigenvalue weighted by atomic mass is 35.5. The summed E-state index contributed by atoms with van der Waals surface area (Å²) < 4.78 is 11.1. The number of hydrogen-bond donors (Lipinski definition) is 1. The normalized spacial score (nSPS) is 15.3. The number of aryl methyl sites for hydroxylation is 1. The van der Waals surface area contributed by atoms with Crippen molar-refractivity contribution in [1.82, 2.24) is 0 Å². The van der Waals surface area contributed by atoms with Crippen molar-refractivity contribution in [3.63, 3.8) is 0 Å². The quantitative estimate of drug-likeness (QED) is 0.922. The van der Waals surface area contributed by atoms with E-state index in [2.05, 4.69) is 13.0 Å². The lowest BCUT2D eigenvalue weighted by atomic mass is 10.1. The predicted octanol–water partition coefficient (Wildman–Crippen LogP) is 3.53. The van der Waals surface area contributed by atoms with Crippen LogP contribution in [0.25, 0.3) is 0 Å². The summed E-state index contributed by atoms with van der Waals surface area (Å²) >= 11 is 7.98. The van der Waals surface area contributed by atoms with E-state index in [-0.39, 0.29) is 6.04 Å². The van der Waals surface area contributed by atoms with Crippen molar-refractivity contribution < 1.29 is 9.47 Å². The molecule has 3 nitrogen and oxygen atoms in total. The van der Waals surface area contributed by atoms with E-state index in [1.54, 1.807) is 17.4 Å². The molecule has 0 saturated carbocycles. The second-order valence-electron chi connectivity index (χ2n) is 4.44. The Hall–Kier alpha value is -1.23. The van der Waals surface area contributed by atoms with Crippen molar-refractivity contribution >= 4 is 22.9 Å². The molecule has 0 fully saturated rings. The lowest BCUT2D eigenvalue weighted by Crippen LogP contribution is -2.17. The highest BCUT2D eigenvalue weighted by Crippen LogP contribution is 2.39. The number of thiophene rings is 1. The number of benzene rings is 1. The maximum Gasteiger partial charge on any atom is 0.162 e. The minimum absolute atomic E-state index is 0.234. The van der Waals surface area contributed by atoms with Crippen LogP contribution in [0.4, 0.5) is 0 Å². The molecule has 2 aromatic rings. The van der Waals surface area contributed by atoms with E-state index in [9.17, 15) is 0 Å². The van der Waals surface area contributed by atoms with E-state index in [1.165, 1.54) is 4.88 Å². The molecule has 1 unspecified atom stereocenters. The summed E-state index contributed by atoms with van der Waals surface area (Å²) in [6.07, 6.45) is 0. The Morgan fingerprint density at radius 1 is 1.21 bits per heavy atom. The molecule has 0 spiro atoms. The van der Waals surface area contributed by atoms with Gasteiger partial charge in [0.2, 0.25) is 0 Å². The van der Waals surface area contributed by atoms with E-state index >= 15 is 0 Å². The van der Waals surface area contributed by atoms with Gasteiger partial charge in [-0.3, -0.25) is 0 Å². The van der Waals surface area contributed by atoms with Crippen LogP contribution in [0.5, 0.6) is 11.5 Å². The molecule has 0 bridgehead atoms. The Labute approximate surface area is 120 Å². The van der Waals surface area contributed by atoms with Crippen LogP contribution in [0, 0.1) is 6.92 Å². The highest BCUT2D eigenvalue weighted by Gasteiger charge is 2.20. The van der Waals surface area contributed by atoms with Gasteiger partial charge in [-0.05, 0) is 30.7 Å². The first kappa shape index (κ1) is 12.8. The molecule has 0 amide bonds.